The van der Waals surface area contributed by atoms with Crippen molar-refractivity contribution >= 4 is 23.3 Å². The first-order valence-corrected chi connectivity index (χ1v) is 13.6. The first-order chi connectivity index (χ1) is 18.5. The minimum Gasteiger partial charge on any atom is -0.381 e. The summed E-state index contributed by atoms with van der Waals surface area (Å²) in [6.07, 6.45) is 6.55. The number of carbonyl (C=O) groups is 2. The summed E-state index contributed by atoms with van der Waals surface area (Å²) in [6.45, 7) is 5.43. The molecular formula is C29H34N6O3. The van der Waals surface area contributed by atoms with Crippen LogP contribution in [0.1, 0.15) is 59.5 Å². The maximum Gasteiger partial charge on any atom is 0.269 e. The van der Waals surface area contributed by atoms with Gasteiger partial charge in [0.25, 0.3) is 5.91 Å². The van der Waals surface area contributed by atoms with Crippen molar-refractivity contribution in [1.82, 2.24) is 25.0 Å². The largest absolute Gasteiger partial charge is 0.381 e. The van der Waals surface area contributed by atoms with E-state index in [0.717, 1.165) is 75.4 Å². The van der Waals surface area contributed by atoms with Crippen LogP contribution in [-0.4, -0.2) is 64.8 Å². The van der Waals surface area contributed by atoms with Crippen molar-refractivity contribution in [2.75, 3.05) is 38.3 Å². The second-order valence-corrected chi connectivity index (χ2v) is 10.3. The van der Waals surface area contributed by atoms with Crippen molar-refractivity contribution in [2.24, 2.45) is 0 Å². The van der Waals surface area contributed by atoms with E-state index in [4.69, 9.17) is 9.84 Å². The fourth-order valence-corrected chi connectivity index (χ4v) is 5.97. The molecule has 0 spiro atoms. The molecule has 1 N–H and O–H groups in total. The Morgan fingerprint density at radius 3 is 2.61 bits per heavy atom. The standard InChI is InChI=1S/C29H34N6O3/c1-19(36)33-13-9-27-24(18-33)28(32-35(27)23-10-14-38-15-11-23)34-12-3-4-21-16-20(6-8-26(21)34)22-5-7-25(31-17-22)29(37)30-2/h5-8,16-17,23H,3-4,9-15,18H2,1-2H3,(H,30,37). The van der Waals surface area contributed by atoms with Crippen LogP contribution in [0.5, 0.6) is 0 Å². The number of hydrogen-bond acceptors (Lipinski definition) is 6. The average molecular weight is 515 g/mol. The monoisotopic (exact) mass is 514 g/mol. The smallest absolute Gasteiger partial charge is 0.269 e. The fourth-order valence-electron chi connectivity index (χ4n) is 5.97. The molecule has 1 aromatic carbocycles. The molecule has 3 aromatic rings. The Morgan fingerprint density at radius 2 is 1.87 bits per heavy atom. The van der Waals surface area contributed by atoms with Crippen LogP contribution in [0.3, 0.4) is 0 Å². The number of carbonyl (C=O) groups excluding carboxylic acids is 2. The highest BCUT2D eigenvalue weighted by Crippen LogP contribution is 2.40. The van der Waals surface area contributed by atoms with Crippen molar-refractivity contribution in [3.8, 4) is 11.1 Å². The molecule has 2 amide bonds. The number of rotatable bonds is 4. The maximum atomic E-state index is 12.3. The van der Waals surface area contributed by atoms with Crippen molar-refractivity contribution in [2.45, 2.75) is 51.6 Å². The molecule has 1 saturated heterocycles. The van der Waals surface area contributed by atoms with Gasteiger partial charge in [0, 0.05) is 75.4 Å². The van der Waals surface area contributed by atoms with Gasteiger partial charge in [-0.3, -0.25) is 19.3 Å². The third kappa shape index (κ3) is 4.45. The number of pyridine rings is 1. The van der Waals surface area contributed by atoms with Gasteiger partial charge < -0.3 is 19.9 Å². The van der Waals surface area contributed by atoms with E-state index in [-0.39, 0.29) is 11.8 Å². The molecule has 3 aliphatic rings. The first kappa shape index (κ1) is 24.6. The van der Waals surface area contributed by atoms with Gasteiger partial charge in [0.1, 0.15) is 5.69 Å². The number of aromatic nitrogens is 3. The predicted octanol–water partition coefficient (Wildman–Crippen LogP) is 3.65. The molecule has 38 heavy (non-hydrogen) atoms. The summed E-state index contributed by atoms with van der Waals surface area (Å²) in [4.78, 5) is 32.8. The molecule has 9 nitrogen and oxygen atoms in total. The van der Waals surface area contributed by atoms with Crippen LogP contribution in [0.15, 0.2) is 36.5 Å². The van der Waals surface area contributed by atoms with E-state index in [2.05, 4.69) is 38.1 Å². The zero-order valence-corrected chi connectivity index (χ0v) is 22.1. The predicted molar refractivity (Wildman–Crippen MR) is 145 cm³/mol. The van der Waals surface area contributed by atoms with Gasteiger partial charge in [-0.25, -0.2) is 0 Å². The number of hydrogen-bond donors (Lipinski definition) is 1. The quantitative estimate of drug-likeness (QED) is 0.572. The van der Waals surface area contributed by atoms with Gasteiger partial charge in [0.2, 0.25) is 5.91 Å². The van der Waals surface area contributed by atoms with E-state index < -0.39 is 0 Å². The van der Waals surface area contributed by atoms with Crippen LogP contribution < -0.4 is 10.2 Å². The minimum absolute atomic E-state index is 0.111. The van der Waals surface area contributed by atoms with E-state index >= 15 is 0 Å². The molecule has 0 aliphatic carbocycles. The maximum absolute atomic E-state index is 12.3. The number of aryl methyl sites for hydroxylation is 1. The van der Waals surface area contributed by atoms with Gasteiger partial charge in [-0.15, -0.1) is 0 Å². The summed E-state index contributed by atoms with van der Waals surface area (Å²) in [5.74, 6) is 0.910. The molecule has 2 aromatic heterocycles. The number of amides is 2. The molecule has 0 atom stereocenters. The van der Waals surface area contributed by atoms with E-state index in [9.17, 15) is 9.59 Å². The summed E-state index contributed by atoms with van der Waals surface area (Å²) in [7, 11) is 1.61. The van der Waals surface area contributed by atoms with Crippen LogP contribution in [-0.2, 0) is 28.9 Å². The molecule has 5 heterocycles. The number of nitrogens with one attached hydrogen (secondary N) is 1. The Morgan fingerprint density at radius 1 is 1.05 bits per heavy atom. The summed E-state index contributed by atoms with van der Waals surface area (Å²) in [5, 5.41) is 7.86. The van der Waals surface area contributed by atoms with E-state index in [1.807, 2.05) is 11.0 Å². The lowest BCUT2D eigenvalue weighted by atomic mass is 9.96. The van der Waals surface area contributed by atoms with Crippen molar-refractivity contribution < 1.29 is 14.3 Å². The molecule has 0 saturated carbocycles. The number of anilines is 2. The second-order valence-electron chi connectivity index (χ2n) is 10.3. The SMILES string of the molecule is CNC(=O)c1ccc(-c2ccc3c(c2)CCCN3c2nn(C3CCOCC3)c3c2CN(C(C)=O)CC3)cn1. The highest BCUT2D eigenvalue weighted by molar-refractivity contribution is 5.92. The molecule has 0 bridgehead atoms. The second kappa shape index (κ2) is 10.2. The van der Waals surface area contributed by atoms with E-state index in [1.165, 1.54) is 22.5 Å². The zero-order chi connectivity index (χ0) is 26.2. The van der Waals surface area contributed by atoms with Gasteiger partial charge in [-0.1, -0.05) is 12.1 Å². The van der Waals surface area contributed by atoms with Gasteiger partial charge in [-0.05, 0) is 55.0 Å². The molecule has 3 aliphatic heterocycles. The van der Waals surface area contributed by atoms with Crippen molar-refractivity contribution in [3.63, 3.8) is 0 Å². The van der Waals surface area contributed by atoms with E-state index in [0.29, 0.717) is 18.3 Å². The topological polar surface area (TPSA) is 92.6 Å². The highest BCUT2D eigenvalue weighted by atomic mass is 16.5. The zero-order valence-electron chi connectivity index (χ0n) is 22.1. The molecule has 1 fully saturated rings. The lowest BCUT2D eigenvalue weighted by molar-refractivity contribution is -0.129. The Balaban J connectivity index is 1.36. The van der Waals surface area contributed by atoms with Crippen molar-refractivity contribution in [3.05, 3.63) is 59.0 Å². The fraction of sp³-hybridized carbons (Fsp3) is 0.448. The lowest BCUT2D eigenvalue weighted by Crippen LogP contribution is -2.36. The van der Waals surface area contributed by atoms with Crippen molar-refractivity contribution in [1.29, 1.82) is 0 Å². The van der Waals surface area contributed by atoms with Gasteiger partial charge in [-0.2, -0.15) is 5.10 Å². The van der Waals surface area contributed by atoms with Gasteiger partial charge in [0.05, 0.1) is 12.6 Å². The van der Waals surface area contributed by atoms with Crippen LogP contribution in [0.2, 0.25) is 0 Å². The lowest BCUT2D eigenvalue weighted by Gasteiger charge is -2.33. The molecular weight excluding hydrogens is 480 g/mol. The average Bonchev–Trinajstić information content (AvgIpc) is 3.35. The summed E-state index contributed by atoms with van der Waals surface area (Å²) < 4.78 is 7.88. The minimum atomic E-state index is -0.190. The first-order valence-electron chi connectivity index (χ1n) is 13.6. The number of ether oxygens (including phenoxy) is 1. The number of fused-ring (bicyclic) bond motifs is 2. The Kier molecular flexibility index (Phi) is 6.61. The Hall–Kier alpha value is -3.72. The van der Waals surface area contributed by atoms with Gasteiger partial charge >= 0.3 is 0 Å². The summed E-state index contributed by atoms with van der Waals surface area (Å²) >= 11 is 0. The third-order valence-corrected chi connectivity index (χ3v) is 8.06. The van der Waals surface area contributed by atoms with Crippen LogP contribution >= 0.6 is 0 Å². The Labute approximate surface area is 222 Å². The van der Waals surface area contributed by atoms with Gasteiger partial charge in [0.15, 0.2) is 5.82 Å². The Bertz CT molecular complexity index is 1360. The molecule has 0 radical (unpaired) electrons. The normalized spacial score (nSPS) is 17.6. The number of benzene rings is 1. The summed E-state index contributed by atoms with van der Waals surface area (Å²) in [6, 6.07) is 10.6. The molecule has 6 rings (SSSR count). The van der Waals surface area contributed by atoms with Crippen LogP contribution in [0.4, 0.5) is 11.5 Å². The van der Waals surface area contributed by atoms with Crippen LogP contribution in [0.25, 0.3) is 11.1 Å². The number of nitrogens with zero attached hydrogens (tertiary/aromatic N) is 5. The molecule has 0 unspecified atom stereocenters. The molecule has 9 heteroatoms. The third-order valence-electron chi connectivity index (χ3n) is 8.06. The van der Waals surface area contributed by atoms with E-state index in [1.54, 1.807) is 26.2 Å². The van der Waals surface area contributed by atoms with Crippen LogP contribution in [0, 0.1) is 0 Å². The highest BCUT2D eigenvalue weighted by Gasteiger charge is 2.33. The summed E-state index contributed by atoms with van der Waals surface area (Å²) in [5.41, 5.74) is 7.38. The molecule has 198 valence electrons.